The molecule has 5 atom stereocenters. The van der Waals surface area contributed by atoms with Gasteiger partial charge in [0.25, 0.3) is 0 Å². The Morgan fingerprint density at radius 2 is 2.03 bits per heavy atom. The van der Waals surface area contributed by atoms with E-state index in [1.54, 1.807) is 28.0 Å². The summed E-state index contributed by atoms with van der Waals surface area (Å²) >= 11 is 0. The molecule has 8 heteroatoms. The minimum absolute atomic E-state index is 0.0250. The molecule has 2 bridgehead atoms. The van der Waals surface area contributed by atoms with Gasteiger partial charge in [0, 0.05) is 19.6 Å². The van der Waals surface area contributed by atoms with Crippen molar-refractivity contribution in [1.29, 1.82) is 10.5 Å². The van der Waals surface area contributed by atoms with E-state index in [9.17, 15) is 20.1 Å². The molecule has 3 aliphatic rings. The predicted octanol–water partition coefficient (Wildman–Crippen LogP) is 0.436. The zero-order valence-electron chi connectivity index (χ0n) is 16.4. The van der Waals surface area contributed by atoms with E-state index < -0.39 is 12.1 Å². The second-order valence-corrected chi connectivity index (χ2v) is 8.28. The molecule has 0 aliphatic carbocycles. The quantitative estimate of drug-likeness (QED) is 0.794. The zero-order valence-corrected chi connectivity index (χ0v) is 16.4. The Bertz CT molecular complexity index is 918. The number of nitriles is 2. The Balaban J connectivity index is 1.43. The first kappa shape index (κ1) is 19.4. The van der Waals surface area contributed by atoms with Crippen LogP contribution in [-0.2, 0) is 9.59 Å². The molecule has 8 nitrogen and oxygen atoms in total. The minimum Gasteiger partial charge on any atom is -0.325 e. The lowest BCUT2D eigenvalue weighted by atomic mass is 10.1. The van der Waals surface area contributed by atoms with Gasteiger partial charge in [-0.05, 0) is 30.9 Å². The van der Waals surface area contributed by atoms with Crippen LogP contribution in [0.3, 0.4) is 0 Å². The standard InChI is InChI=1S/C21H24N6O2/c1-13-6-15(9-23)26(10-13)20(28)17(24)12-25-11-16-7-19(25)21(29)27(16)18-5-3-2-4-14(18)8-22/h2-5,13,15-17,19H,6-7,10-12,24H2,1H3/t13?,15?,16-,17?,19?/m0/s1. The summed E-state index contributed by atoms with van der Waals surface area (Å²) in [6.45, 7) is 3.49. The Labute approximate surface area is 170 Å². The molecule has 0 spiro atoms. The van der Waals surface area contributed by atoms with Crippen LogP contribution in [0.2, 0.25) is 0 Å². The van der Waals surface area contributed by atoms with Crippen molar-refractivity contribution >= 4 is 17.5 Å². The van der Waals surface area contributed by atoms with Gasteiger partial charge in [-0.3, -0.25) is 14.5 Å². The van der Waals surface area contributed by atoms with Crippen LogP contribution in [0.25, 0.3) is 0 Å². The van der Waals surface area contributed by atoms with Crippen molar-refractivity contribution in [3.8, 4) is 12.1 Å². The largest absolute Gasteiger partial charge is 0.325 e. The Kier molecular flexibility index (Phi) is 4.99. The number of anilines is 1. The predicted molar refractivity (Wildman–Crippen MR) is 105 cm³/mol. The number of piperazine rings is 1. The summed E-state index contributed by atoms with van der Waals surface area (Å²) in [6, 6.07) is 9.93. The third-order valence-electron chi connectivity index (χ3n) is 6.24. The topological polar surface area (TPSA) is 117 Å². The highest BCUT2D eigenvalue weighted by atomic mass is 16.2. The number of fused-ring (bicyclic) bond motifs is 2. The molecule has 2 amide bonds. The molecule has 0 aromatic heterocycles. The number of amides is 2. The van der Waals surface area contributed by atoms with E-state index in [0.29, 0.717) is 43.7 Å². The van der Waals surface area contributed by atoms with Crippen molar-refractivity contribution in [3.63, 3.8) is 0 Å². The number of rotatable bonds is 4. The molecule has 1 aromatic rings. The van der Waals surface area contributed by atoms with Crippen molar-refractivity contribution in [2.24, 2.45) is 11.7 Å². The molecule has 1 aromatic carbocycles. The molecule has 4 rings (SSSR count). The van der Waals surface area contributed by atoms with E-state index in [0.717, 1.165) is 0 Å². The van der Waals surface area contributed by atoms with Crippen LogP contribution in [0, 0.1) is 28.6 Å². The summed E-state index contributed by atoms with van der Waals surface area (Å²) in [6.07, 6.45) is 1.34. The second kappa shape index (κ2) is 7.47. The first-order valence-electron chi connectivity index (χ1n) is 9.96. The minimum atomic E-state index is -0.761. The molecule has 0 radical (unpaired) electrons. The van der Waals surface area contributed by atoms with Gasteiger partial charge in [0.2, 0.25) is 11.8 Å². The molecule has 3 fully saturated rings. The molecule has 150 valence electrons. The van der Waals surface area contributed by atoms with E-state index in [4.69, 9.17) is 5.73 Å². The third kappa shape index (κ3) is 3.25. The van der Waals surface area contributed by atoms with Gasteiger partial charge in [0.15, 0.2) is 0 Å². The number of para-hydroxylation sites is 1. The van der Waals surface area contributed by atoms with E-state index in [1.807, 2.05) is 17.9 Å². The maximum Gasteiger partial charge on any atom is 0.244 e. The van der Waals surface area contributed by atoms with Crippen LogP contribution in [-0.4, -0.2) is 65.4 Å². The van der Waals surface area contributed by atoms with E-state index >= 15 is 0 Å². The van der Waals surface area contributed by atoms with Crippen molar-refractivity contribution in [3.05, 3.63) is 29.8 Å². The number of carbonyl (C=O) groups is 2. The molecule has 2 N–H and O–H groups in total. The van der Waals surface area contributed by atoms with Crippen LogP contribution in [0.4, 0.5) is 5.69 Å². The number of nitrogens with zero attached hydrogens (tertiary/aromatic N) is 5. The van der Waals surface area contributed by atoms with Crippen molar-refractivity contribution in [2.75, 3.05) is 24.5 Å². The molecule has 29 heavy (non-hydrogen) atoms. The highest BCUT2D eigenvalue weighted by Gasteiger charge is 2.51. The van der Waals surface area contributed by atoms with Gasteiger partial charge in [-0.1, -0.05) is 19.1 Å². The van der Waals surface area contributed by atoms with Crippen molar-refractivity contribution in [2.45, 2.75) is 43.9 Å². The number of nitrogens with two attached hydrogens (primary N) is 1. The number of hydrogen-bond donors (Lipinski definition) is 1. The van der Waals surface area contributed by atoms with Crippen LogP contribution >= 0.6 is 0 Å². The molecule has 3 aliphatic heterocycles. The number of hydrogen-bond acceptors (Lipinski definition) is 6. The Hall–Kier alpha value is -2.94. The van der Waals surface area contributed by atoms with E-state index in [1.165, 1.54) is 0 Å². The molecule has 3 heterocycles. The fourth-order valence-electron chi connectivity index (χ4n) is 4.91. The van der Waals surface area contributed by atoms with Crippen LogP contribution in [0.1, 0.15) is 25.3 Å². The Morgan fingerprint density at radius 3 is 2.72 bits per heavy atom. The van der Waals surface area contributed by atoms with Gasteiger partial charge >= 0.3 is 0 Å². The van der Waals surface area contributed by atoms with Crippen LogP contribution in [0.5, 0.6) is 0 Å². The highest BCUT2D eigenvalue weighted by Crippen LogP contribution is 2.37. The molecular formula is C21H24N6O2. The number of carbonyl (C=O) groups excluding carboxylic acids is 2. The summed E-state index contributed by atoms with van der Waals surface area (Å²) < 4.78 is 0. The zero-order chi connectivity index (χ0) is 20.7. The molecule has 0 saturated carbocycles. The van der Waals surface area contributed by atoms with Crippen LogP contribution in [0.15, 0.2) is 24.3 Å². The summed E-state index contributed by atoms with van der Waals surface area (Å²) in [7, 11) is 0. The summed E-state index contributed by atoms with van der Waals surface area (Å²) in [5.74, 6) is 0.0186. The monoisotopic (exact) mass is 392 g/mol. The number of benzene rings is 1. The van der Waals surface area contributed by atoms with Gasteiger partial charge in [0.05, 0.1) is 35.4 Å². The maximum absolute atomic E-state index is 13.0. The maximum atomic E-state index is 13.0. The summed E-state index contributed by atoms with van der Waals surface area (Å²) in [5, 5.41) is 18.7. The lowest BCUT2D eigenvalue weighted by Crippen LogP contribution is -2.56. The average molecular weight is 392 g/mol. The van der Waals surface area contributed by atoms with Gasteiger partial charge in [0.1, 0.15) is 12.1 Å². The fraction of sp³-hybridized carbons (Fsp3) is 0.524. The average Bonchev–Trinajstić information content (AvgIpc) is 3.39. The SMILES string of the molecule is CC1CC(C#N)N(C(=O)C(N)CN2C[C@@H]3CC2C(=O)N3c2ccccc2C#N)C1. The highest BCUT2D eigenvalue weighted by molar-refractivity contribution is 6.02. The van der Waals surface area contributed by atoms with Gasteiger partial charge in [-0.15, -0.1) is 0 Å². The smallest absolute Gasteiger partial charge is 0.244 e. The van der Waals surface area contributed by atoms with Gasteiger partial charge < -0.3 is 15.5 Å². The van der Waals surface area contributed by atoms with Crippen LogP contribution < -0.4 is 10.6 Å². The Morgan fingerprint density at radius 1 is 1.28 bits per heavy atom. The summed E-state index contributed by atoms with van der Waals surface area (Å²) in [5.41, 5.74) is 7.33. The number of likely N-dealkylation sites (tertiary alicyclic amines) is 2. The first-order valence-corrected chi connectivity index (χ1v) is 9.96. The van der Waals surface area contributed by atoms with E-state index in [2.05, 4.69) is 12.1 Å². The first-order chi connectivity index (χ1) is 13.9. The summed E-state index contributed by atoms with van der Waals surface area (Å²) in [4.78, 5) is 31.1. The van der Waals surface area contributed by atoms with Crippen molar-refractivity contribution < 1.29 is 9.59 Å². The molecule has 4 unspecified atom stereocenters. The van der Waals surface area contributed by atoms with Gasteiger partial charge in [-0.2, -0.15) is 10.5 Å². The van der Waals surface area contributed by atoms with E-state index in [-0.39, 0.29) is 29.8 Å². The molecule has 3 saturated heterocycles. The van der Waals surface area contributed by atoms with Crippen molar-refractivity contribution in [1.82, 2.24) is 9.80 Å². The van der Waals surface area contributed by atoms with Gasteiger partial charge in [-0.25, -0.2) is 0 Å². The lowest BCUT2D eigenvalue weighted by molar-refractivity contribution is -0.134. The third-order valence-corrected chi connectivity index (χ3v) is 6.24. The molecular weight excluding hydrogens is 368 g/mol. The normalized spacial score (nSPS) is 29.7. The lowest BCUT2D eigenvalue weighted by Gasteiger charge is -2.35. The second-order valence-electron chi connectivity index (χ2n) is 8.28. The fourth-order valence-corrected chi connectivity index (χ4v) is 4.91.